The number of nitrogens with two attached hydrogens (primary N) is 2. The maximum absolute atomic E-state index is 13.5. The molecule has 0 spiro atoms. The first-order valence-corrected chi connectivity index (χ1v) is 12.4. The summed E-state index contributed by atoms with van der Waals surface area (Å²) in [6, 6.07) is 8.84. The highest BCUT2D eigenvalue weighted by atomic mass is 32.2. The van der Waals surface area contributed by atoms with E-state index in [9.17, 15) is 35.5 Å². The van der Waals surface area contributed by atoms with E-state index in [1.807, 2.05) is 0 Å². The van der Waals surface area contributed by atoms with Gasteiger partial charge < -0.3 is 16.8 Å². The fourth-order valence-corrected chi connectivity index (χ4v) is 5.18. The van der Waals surface area contributed by atoms with E-state index in [0.29, 0.717) is 16.9 Å². The maximum atomic E-state index is 13.5. The zero-order valence-electron chi connectivity index (χ0n) is 17.4. The molecule has 3 aromatic carbocycles. The number of carbonyl (C=O) groups is 2. The number of ketones is 2. The van der Waals surface area contributed by atoms with Crippen LogP contribution < -0.4 is 16.8 Å². The molecule has 0 amide bonds. The van der Waals surface area contributed by atoms with E-state index >= 15 is 0 Å². The number of carbonyl (C=O) groups excluding carboxylic acids is 2. The highest BCUT2D eigenvalue weighted by molar-refractivity contribution is 7.86. The summed E-state index contributed by atoms with van der Waals surface area (Å²) in [6.45, 7) is 1.64. The zero-order chi connectivity index (χ0) is 25.2. The molecule has 176 valence electrons. The molecule has 7 N–H and O–H groups in total. The summed E-state index contributed by atoms with van der Waals surface area (Å²) >= 11 is 0. The van der Waals surface area contributed by atoms with Crippen molar-refractivity contribution in [2.75, 3.05) is 16.8 Å². The number of anilines is 4. The molecule has 0 radical (unpaired) electrons. The molecule has 3 aromatic rings. The van der Waals surface area contributed by atoms with Crippen LogP contribution in [-0.2, 0) is 20.2 Å². The first-order chi connectivity index (χ1) is 15.7. The quantitative estimate of drug-likeness (QED) is 0.201. The van der Waals surface area contributed by atoms with Crippen LogP contribution in [0.4, 0.5) is 22.7 Å². The van der Waals surface area contributed by atoms with Crippen molar-refractivity contribution in [1.82, 2.24) is 0 Å². The molecule has 34 heavy (non-hydrogen) atoms. The van der Waals surface area contributed by atoms with Gasteiger partial charge in [0, 0.05) is 16.9 Å². The monoisotopic (exact) mass is 503 g/mol. The van der Waals surface area contributed by atoms with E-state index in [4.69, 9.17) is 11.5 Å². The third kappa shape index (κ3) is 3.60. The van der Waals surface area contributed by atoms with Gasteiger partial charge in [-0.3, -0.25) is 18.7 Å². The van der Waals surface area contributed by atoms with Crippen molar-refractivity contribution in [2.24, 2.45) is 0 Å². The van der Waals surface area contributed by atoms with Gasteiger partial charge in [0.1, 0.15) is 9.79 Å². The highest BCUT2D eigenvalue weighted by Gasteiger charge is 2.39. The first kappa shape index (κ1) is 23.4. The van der Waals surface area contributed by atoms with E-state index in [1.54, 1.807) is 25.1 Å². The van der Waals surface area contributed by atoms with Crippen LogP contribution in [0, 0.1) is 6.92 Å². The summed E-state index contributed by atoms with van der Waals surface area (Å²) in [5, 5.41) is 2.82. The average molecular weight is 504 g/mol. The van der Waals surface area contributed by atoms with Gasteiger partial charge in [-0.2, -0.15) is 16.8 Å². The Morgan fingerprint density at radius 2 is 1.38 bits per heavy atom. The van der Waals surface area contributed by atoms with Crippen molar-refractivity contribution in [2.45, 2.75) is 16.7 Å². The standard InChI is InChI=1S/C21H17N3O8S2/c1-9-11(22)5-3-6-12(9)24-13-8-15(34(30,31)32)19(23)18-17(13)21(26)16-10(20(18)25)4-2-7-14(16)33(27,28)29/h2-8,24H,22-23H2,1H3,(H,27,28,29)(H,30,31,32). The Labute approximate surface area is 193 Å². The molecular weight excluding hydrogens is 486 g/mol. The molecule has 11 nitrogen and oxygen atoms in total. The number of hydrogen-bond donors (Lipinski definition) is 5. The fourth-order valence-electron chi connectivity index (χ4n) is 3.82. The Hall–Kier alpha value is -3.78. The first-order valence-electron chi connectivity index (χ1n) is 9.49. The van der Waals surface area contributed by atoms with Crippen molar-refractivity contribution >= 4 is 54.6 Å². The van der Waals surface area contributed by atoms with Crippen LogP contribution in [0.15, 0.2) is 52.3 Å². The van der Waals surface area contributed by atoms with Crippen molar-refractivity contribution in [1.29, 1.82) is 0 Å². The van der Waals surface area contributed by atoms with Crippen molar-refractivity contribution in [3.63, 3.8) is 0 Å². The molecule has 13 heteroatoms. The van der Waals surface area contributed by atoms with Gasteiger partial charge in [0.25, 0.3) is 20.2 Å². The SMILES string of the molecule is Cc1c(N)cccc1Nc1cc(S(=O)(=O)O)c(N)c2c1C(=O)c1c(cccc1S(=O)(=O)O)C2=O. The van der Waals surface area contributed by atoms with Crippen molar-refractivity contribution in [3.05, 3.63) is 70.3 Å². The van der Waals surface area contributed by atoms with Gasteiger partial charge >= 0.3 is 0 Å². The Bertz CT molecular complexity index is 1640. The second-order valence-electron chi connectivity index (χ2n) is 7.52. The lowest BCUT2D eigenvalue weighted by Gasteiger charge is -2.25. The van der Waals surface area contributed by atoms with Crippen LogP contribution in [0.25, 0.3) is 0 Å². The molecule has 0 saturated heterocycles. The minimum absolute atomic E-state index is 0.250. The molecule has 0 saturated carbocycles. The van der Waals surface area contributed by atoms with Gasteiger partial charge in [0.2, 0.25) is 0 Å². The molecule has 1 aliphatic rings. The largest absolute Gasteiger partial charge is 0.398 e. The van der Waals surface area contributed by atoms with Crippen LogP contribution in [0.2, 0.25) is 0 Å². The van der Waals surface area contributed by atoms with Crippen LogP contribution >= 0.6 is 0 Å². The fraction of sp³-hybridized carbons (Fsp3) is 0.0476. The normalized spacial score (nSPS) is 13.4. The number of rotatable bonds is 4. The Morgan fingerprint density at radius 1 is 0.765 bits per heavy atom. The Kier molecular flexibility index (Phi) is 5.25. The molecule has 0 unspecified atom stereocenters. The van der Waals surface area contributed by atoms with Gasteiger partial charge in [-0.1, -0.05) is 18.2 Å². The van der Waals surface area contributed by atoms with Gasteiger partial charge in [-0.15, -0.1) is 0 Å². The molecule has 4 rings (SSSR count). The third-order valence-corrected chi connectivity index (χ3v) is 7.27. The van der Waals surface area contributed by atoms with Crippen LogP contribution in [0.3, 0.4) is 0 Å². The van der Waals surface area contributed by atoms with Crippen LogP contribution in [0.1, 0.15) is 37.4 Å². The molecule has 0 bridgehead atoms. The van der Waals surface area contributed by atoms with E-state index < -0.39 is 69.5 Å². The maximum Gasteiger partial charge on any atom is 0.296 e. The third-order valence-electron chi connectivity index (χ3n) is 5.48. The van der Waals surface area contributed by atoms with Crippen molar-refractivity contribution in [3.8, 4) is 0 Å². The van der Waals surface area contributed by atoms with Crippen LogP contribution in [0.5, 0.6) is 0 Å². The Balaban J connectivity index is 2.10. The van der Waals surface area contributed by atoms with Gasteiger partial charge in [-0.05, 0) is 36.8 Å². The number of nitrogens with one attached hydrogen (secondary N) is 1. The minimum atomic E-state index is -4.94. The van der Waals surface area contributed by atoms with Gasteiger partial charge in [0.05, 0.1) is 28.1 Å². The number of hydrogen-bond acceptors (Lipinski definition) is 9. The predicted octanol–water partition coefficient (Wildman–Crippen LogP) is 2.17. The predicted molar refractivity (Wildman–Crippen MR) is 123 cm³/mol. The number of benzene rings is 3. The summed E-state index contributed by atoms with van der Waals surface area (Å²) in [4.78, 5) is 25.2. The Morgan fingerprint density at radius 3 is 2.00 bits per heavy atom. The summed E-state index contributed by atoms with van der Waals surface area (Å²) in [6.07, 6.45) is 0. The van der Waals surface area contributed by atoms with Gasteiger partial charge in [0.15, 0.2) is 11.6 Å². The molecule has 0 aromatic heterocycles. The molecule has 1 aliphatic carbocycles. The highest BCUT2D eigenvalue weighted by Crippen LogP contribution is 2.42. The molecule has 0 fully saturated rings. The number of nitrogen functional groups attached to an aromatic ring is 2. The molecular formula is C21H17N3O8S2. The topological polar surface area (TPSA) is 207 Å². The smallest absolute Gasteiger partial charge is 0.296 e. The lowest BCUT2D eigenvalue weighted by atomic mass is 9.82. The average Bonchev–Trinajstić information content (AvgIpc) is 2.74. The molecule has 0 aliphatic heterocycles. The van der Waals surface area contributed by atoms with E-state index in [-0.39, 0.29) is 5.69 Å². The summed E-state index contributed by atoms with van der Waals surface area (Å²) in [5.74, 6) is -1.97. The summed E-state index contributed by atoms with van der Waals surface area (Å²) in [5.41, 5.74) is 10.1. The molecule has 0 atom stereocenters. The number of fused-ring (bicyclic) bond motifs is 2. The molecule has 0 heterocycles. The zero-order valence-corrected chi connectivity index (χ0v) is 19.0. The van der Waals surface area contributed by atoms with E-state index in [2.05, 4.69) is 5.32 Å². The lowest BCUT2D eigenvalue weighted by Crippen LogP contribution is -2.27. The lowest BCUT2D eigenvalue weighted by molar-refractivity contribution is 0.0977. The van der Waals surface area contributed by atoms with Gasteiger partial charge in [-0.25, -0.2) is 0 Å². The van der Waals surface area contributed by atoms with E-state index in [1.165, 1.54) is 0 Å². The van der Waals surface area contributed by atoms with E-state index in [0.717, 1.165) is 24.3 Å². The van der Waals surface area contributed by atoms with Crippen LogP contribution in [-0.4, -0.2) is 37.5 Å². The van der Waals surface area contributed by atoms with Crippen molar-refractivity contribution < 1.29 is 35.5 Å². The second-order valence-corrected chi connectivity index (χ2v) is 10.3. The second kappa shape index (κ2) is 7.63. The summed E-state index contributed by atoms with van der Waals surface area (Å²) in [7, 11) is -9.84. The summed E-state index contributed by atoms with van der Waals surface area (Å²) < 4.78 is 67.1. The minimum Gasteiger partial charge on any atom is -0.398 e.